The summed E-state index contributed by atoms with van der Waals surface area (Å²) >= 11 is 0. The van der Waals surface area contributed by atoms with E-state index in [0.717, 1.165) is 32.4 Å². The van der Waals surface area contributed by atoms with Crippen molar-refractivity contribution in [2.45, 2.75) is 25.7 Å². The minimum absolute atomic E-state index is 0.121. The first kappa shape index (κ1) is 13.2. The summed E-state index contributed by atoms with van der Waals surface area (Å²) in [6, 6.07) is 0. The third-order valence-electron chi connectivity index (χ3n) is 2.10. The molecule has 14 heavy (non-hydrogen) atoms. The van der Waals surface area contributed by atoms with Crippen LogP contribution in [0.2, 0.25) is 0 Å². The zero-order chi connectivity index (χ0) is 10.8. The van der Waals surface area contributed by atoms with E-state index >= 15 is 0 Å². The molecule has 0 fully saturated rings. The molecular weight excluding hydrogens is 178 g/mol. The van der Waals surface area contributed by atoms with E-state index in [1.165, 1.54) is 7.11 Å². The summed E-state index contributed by atoms with van der Waals surface area (Å²) in [4.78, 5) is 13.0. The average molecular weight is 199 g/mol. The number of unbranched alkanes of at least 4 members (excludes halogenated alkanes) is 1. The predicted octanol–water partition coefficient (Wildman–Crippen LogP) is 1.84. The summed E-state index contributed by atoms with van der Waals surface area (Å²) in [6.45, 7) is 5.69. The van der Waals surface area contributed by atoms with E-state index in [-0.39, 0.29) is 5.97 Å². The van der Waals surface area contributed by atoms with Crippen molar-refractivity contribution >= 4 is 5.97 Å². The lowest BCUT2D eigenvalue weighted by Crippen LogP contribution is -2.21. The fraction of sp³-hybridized carbons (Fsp3) is 0.727. The van der Waals surface area contributed by atoms with Gasteiger partial charge in [0.05, 0.1) is 7.11 Å². The molecular formula is C11H21NO2. The Balaban J connectivity index is 3.30. The van der Waals surface area contributed by atoms with Crippen molar-refractivity contribution in [3.05, 3.63) is 12.7 Å². The van der Waals surface area contributed by atoms with Crippen LogP contribution < -0.4 is 0 Å². The molecule has 3 nitrogen and oxygen atoms in total. The number of hydrogen-bond acceptors (Lipinski definition) is 3. The molecule has 82 valence electrons. The van der Waals surface area contributed by atoms with Gasteiger partial charge in [-0.1, -0.05) is 6.08 Å². The normalized spacial score (nSPS) is 10.2. The predicted molar refractivity (Wildman–Crippen MR) is 58.2 cm³/mol. The number of rotatable bonds is 8. The van der Waals surface area contributed by atoms with E-state index in [9.17, 15) is 4.79 Å². The Kier molecular flexibility index (Phi) is 8.24. The molecule has 0 aromatic heterocycles. The first-order chi connectivity index (χ1) is 6.70. The highest BCUT2D eigenvalue weighted by atomic mass is 16.5. The van der Waals surface area contributed by atoms with Crippen molar-refractivity contribution in [1.29, 1.82) is 0 Å². The fourth-order valence-corrected chi connectivity index (χ4v) is 1.21. The maximum Gasteiger partial charge on any atom is 0.305 e. The molecule has 0 heterocycles. The Labute approximate surface area is 86.7 Å². The van der Waals surface area contributed by atoms with E-state index in [4.69, 9.17) is 0 Å². The second-order valence-electron chi connectivity index (χ2n) is 3.41. The van der Waals surface area contributed by atoms with Crippen LogP contribution in [0.1, 0.15) is 25.7 Å². The van der Waals surface area contributed by atoms with Gasteiger partial charge in [-0.05, 0) is 39.4 Å². The van der Waals surface area contributed by atoms with E-state index in [0.29, 0.717) is 6.42 Å². The van der Waals surface area contributed by atoms with Crippen molar-refractivity contribution in [2.75, 3.05) is 27.2 Å². The molecule has 0 rings (SSSR count). The van der Waals surface area contributed by atoms with Crippen LogP contribution in [0, 0.1) is 0 Å². The lowest BCUT2D eigenvalue weighted by Gasteiger charge is -2.15. The number of carbonyl (C=O) groups excluding carboxylic acids is 1. The number of esters is 1. The van der Waals surface area contributed by atoms with Crippen LogP contribution >= 0.6 is 0 Å². The lowest BCUT2D eigenvalue weighted by atomic mass is 10.2. The summed E-state index contributed by atoms with van der Waals surface area (Å²) in [5.41, 5.74) is 0. The monoisotopic (exact) mass is 199 g/mol. The van der Waals surface area contributed by atoms with Crippen molar-refractivity contribution < 1.29 is 9.53 Å². The van der Waals surface area contributed by atoms with Gasteiger partial charge in [0.2, 0.25) is 0 Å². The highest BCUT2D eigenvalue weighted by Crippen LogP contribution is 1.97. The van der Waals surface area contributed by atoms with Gasteiger partial charge in [-0.15, -0.1) is 6.58 Å². The largest absolute Gasteiger partial charge is 0.469 e. The van der Waals surface area contributed by atoms with E-state index < -0.39 is 0 Å². The van der Waals surface area contributed by atoms with Gasteiger partial charge in [0, 0.05) is 6.42 Å². The van der Waals surface area contributed by atoms with Gasteiger partial charge in [0.15, 0.2) is 0 Å². The molecule has 0 saturated heterocycles. The summed E-state index contributed by atoms with van der Waals surface area (Å²) in [7, 11) is 3.50. The molecule has 0 saturated carbocycles. The van der Waals surface area contributed by atoms with Gasteiger partial charge in [-0.2, -0.15) is 0 Å². The maximum absolute atomic E-state index is 10.8. The molecule has 0 N–H and O–H groups in total. The van der Waals surface area contributed by atoms with Crippen LogP contribution in [0.15, 0.2) is 12.7 Å². The number of allylic oxidation sites excluding steroid dienone is 1. The topological polar surface area (TPSA) is 29.5 Å². The summed E-state index contributed by atoms with van der Waals surface area (Å²) in [5, 5.41) is 0. The molecule has 0 aliphatic carbocycles. The number of nitrogens with zero attached hydrogens (tertiary/aromatic N) is 1. The second kappa shape index (κ2) is 8.75. The molecule has 0 aliphatic rings. The first-order valence-corrected chi connectivity index (χ1v) is 5.07. The maximum atomic E-state index is 10.8. The van der Waals surface area contributed by atoms with Crippen molar-refractivity contribution in [1.82, 2.24) is 4.90 Å². The quantitative estimate of drug-likeness (QED) is 0.339. The van der Waals surface area contributed by atoms with Gasteiger partial charge < -0.3 is 9.64 Å². The summed E-state index contributed by atoms with van der Waals surface area (Å²) < 4.78 is 4.56. The molecule has 0 amide bonds. The molecule has 0 aromatic rings. The second-order valence-corrected chi connectivity index (χ2v) is 3.41. The first-order valence-electron chi connectivity index (χ1n) is 5.07. The summed E-state index contributed by atoms with van der Waals surface area (Å²) in [6.07, 6.45) is 5.52. The van der Waals surface area contributed by atoms with Crippen molar-refractivity contribution in [3.63, 3.8) is 0 Å². The van der Waals surface area contributed by atoms with E-state index in [2.05, 4.69) is 23.3 Å². The summed E-state index contributed by atoms with van der Waals surface area (Å²) in [5.74, 6) is -0.121. The minimum atomic E-state index is -0.121. The molecule has 3 heteroatoms. The standard InChI is InChI=1S/C11H21NO2/c1-4-5-6-9-12(2)10-7-8-11(13)14-3/h4H,1,5-10H2,2-3H3. The van der Waals surface area contributed by atoms with Gasteiger partial charge in [0.25, 0.3) is 0 Å². The zero-order valence-electron chi connectivity index (χ0n) is 9.29. The number of hydrogen-bond donors (Lipinski definition) is 0. The molecule has 0 radical (unpaired) electrons. The van der Waals surface area contributed by atoms with Crippen LogP contribution in [0.3, 0.4) is 0 Å². The molecule has 0 atom stereocenters. The zero-order valence-corrected chi connectivity index (χ0v) is 9.29. The Morgan fingerprint density at radius 3 is 2.64 bits per heavy atom. The lowest BCUT2D eigenvalue weighted by molar-refractivity contribution is -0.140. The Morgan fingerprint density at radius 1 is 1.43 bits per heavy atom. The Morgan fingerprint density at radius 2 is 2.07 bits per heavy atom. The van der Waals surface area contributed by atoms with Gasteiger partial charge in [-0.3, -0.25) is 4.79 Å². The number of ether oxygens (including phenoxy) is 1. The Hall–Kier alpha value is -0.830. The molecule has 0 bridgehead atoms. The fourth-order valence-electron chi connectivity index (χ4n) is 1.21. The molecule has 0 unspecified atom stereocenters. The van der Waals surface area contributed by atoms with Crippen LogP contribution in [0.4, 0.5) is 0 Å². The molecule has 0 aliphatic heterocycles. The third kappa shape index (κ3) is 7.80. The van der Waals surface area contributed by atoms with Crippen LogP contribution in [0.25, 0.3) is 0 Å². The molecule has 0 spiro atoms. The van der Waals surface area contributed by atoms with Crippen LogP contribution in [-0.2, 0) is 9.53 Å². The molecule has 0 aromatic carbocycles. The van der Waals surface area contributed by atoms with Crippen LogP contribution in [-0.4, -0.2) is 38.1 Å². The SMILES string of the molecule is C=CCCCN(C)CCCC(=O)OC. The third-order valence-corrected chi connectivity index (χ3v) is 2.10. The Bertz CT molecular complexity index is 169. The van der Waals surface area contributed by atoms with Gasteiger partial charge in [-0.25, -0.2) is 0 Å². The smallest absolute Gasteiger partial charge is 0.305 e. The van der Waals surface area contributed by atoms with Crippen molar-refractivity contribution in [3.8, 4) is 0 Å². The number of methoxy groups -OCH3 is 1. The van der Waals surface area contributed by atoms with Crippen LogP contribution in [0.5, 0.6) is 0 Å². The van der Waals surface area contributed by atoms with Gasteiger partial charge >= 0.3 is 5.97 Å². The van der Waals surface area contributed by atoms with Gasteiger partial charge in [0.1, 0.15) is 0 Å². The van der Waals surface area contributed by atoms with E-state index in [1.54, 1.807) is 0 Å². The average Bonchev–Trinajstić information content (AvgIpc) is 2.18. The number of carbonyl (C=O) groups is 1. The highest BCUT2D eigenvalue weighted by molar-refractivity contribution is 5.69. The van der Waals surface area contributed by atoms with E-state index in [1.807, 2.05) is 6.08 Å². The minimum Gasteiger partial charge on any atom is -0.469 e. The highest BCUT2D eigenvalue weighted by Gasteiger charge is 2.01. The van der Waals surface area contributed by atoms with Crippen molar-refractivity contribution in [2.24, 2.45) is 0 Å².